The average Bonchev–Trinajstić information content (AvgIpc) is 3.10. The van der Waals surface area contributed by atoms with Crippen LogP contribution in [0.15, 0.2) is 97.1 Å². The molecule has 5 aromatic carbocycles. The maximum Gasteiger partial charge on any atom is 0.161 e. The van der Waals surface area contributed by atoms with E-state index in [-0.39, 0.29) is 0 Å². The molecule has 8 heteroatoms. The minimum atomic E-state index is 0.391. The fourth-order valence-corrected chi connectivity index (χ4v) is 5.43. The smallest absolute Gasteiger partial charge is 0.161 e. The SMILES string of the molecule is c1ccc2c(c1)OCCOCCOCCOc1ccc3ccccc3c1-c1c(ccc3ccccc13)OCCOCCOCCO2. The van der Waals surface area contributed by atoms with Crippen molar-refractivity contribution in [3.05, 3.63) is 97.1 Å². The summed E-state index contributed by atoms with van der Waals surface area (Å²) in [6, 6.07) is 32.6. The Balaban J connectivity index is 1.20. The second kappa shape index (κ2) is 16.8. The molecule has 0 spiro atoms. The molecule has 0 radical (unpaired) electrons. The van der Waals surface area contributed by atoms with E-state index in [1.807, 2.05) is 48.5 Å². The van der Waals surface area contributed by atoms with Crippen molar-refractivity contribution in [3.63, 3.8) is 0 Å². The maximum absolute atomic E-state index is 6.40. The van der Waals surface area contributed by atoms with E-state index in [1.54, 1.807) is 0 Å². The summed E-state index contributed by atoms with van der Waals surface area (Å²) in [5.74, 6) is 2.89. The van der Waals surface area contributed by atoms with Crippen LogP contribution in [0.1, 0.15) is 0 Å². The van der Waals surface area contributed by atoms with Crippen molar-refractivity contribution < 1.29 is 37.9 Å². The highest BCUT2D eigenvalue weighted by Crippen LogP contribution is 2.45. The molecular weight excluding hydrogens is 584 g/mol. The number of hydrogen-bond donors (Lipinski definition) is 0. The van der Waals surface area contributed by atoms with Gasteiger partial charge in [0.25, 0.3) is 0 Å². The van der Waals surface area contributed by atoms with Gasteiger partial charge >= 0.3 is 0 Å². The Morgan fingerprint density at radius 3 is 1.02 bits per heavy atom. The molecule has 0 bridgehead atoms. The van der Waals surface area contributed by atoms with E-state index in [0.717, 1.165) is 44.2 Å². The van der Waals surface area contributed by atoms with Gasteiger partial charge in [-0.05, 0) is 45.8 Å². The quantitative estimate of drug-likeness (QED) is 0.183. The van der Waals surface area contributed by atoms with Crippen LogP contribution in [0.2, 0.25) is 0 Å². The molecule has 1 aliphatic heterocycles. The zero-order valence-electron chi connectivity index (χ0n) is 26.0. The van der Waals surface area contributed by atoms with Crippen molar-refractivity contribution in [2.45, 2.75) is 0 Å². The third-order valence-corrected chi connectivity index (χ3v) is 7.57. The van der Waals surface area contributed by atoms with Crippen LogP contribution in [-0.4, -0.2) is 79.3 Å². The standard InChI is InChI=1S/C38H40O8/c1-3-9-31-29(7-1)13-15-35-37(31)38-32-10-4-2-8-30(32)14-16-36(38)46-28-24-42-20-18-40-22-26-44-34-12-6-5-11-33(34)43-25-21-39-17-19-41-23-27-45-35/h1-16H,17-28H2. The first kappa shape index (κ1) is 31.6. The zero-order valence-corrected chi connectivity index (χ0v) is 26.0. The van der Waals surface area contributed by atoms with Crippen LogP contribution >= 0.6 is 0 Å². The summed E-state index contributed by atoms with van der Waals surface area (Å²) in [7, 11) is 0. The molecule has 0 unspecified atom stereocenters. The van der Waals surface area contributed by atoms with Gasteiger partial charge < -0.3 is 37.9 Å². The van der Waals surface area contributed by atoms with Gasteiger partial charge in [-0.25, -0.2) is 0 Å². The lowest BCUT2D eigenvalue weighted by Gasteiger charge is -2.20. The molecule has 46 heavy (non-hydrogen) atoms. The van der Waals surface area contributed by atoms with E-state index in [0.29, 0.717) is 90.8 Å². The summed E-state index contributed by atoms with van der Waals surface area (Å²) in [6.45, 7) is 5.15. The highest BCUT2D eigenvalue weighted by atomic mass is 16.6. The van der Waals surface area contributed by atoms with Gasteiger partial charge in [0, 0.05) is 11.1 Å². The molecule has 0 saturated carbocycles. The Morgan fingerprint density at radius 2 is 0.609 bits per heavy atom. The van der Waals surface area contributed by atoms with Crippen molar-refractivity contribution in [2.75, 3.05) is 79.3 Å². The number of fused-ring (bicyclic) bond motifs is 8. The van der Waals surface area contributed by atoms with Crippen LogP contribution in [0.4, 0.5) is 0 Å². The van der Waals surface area contributed by atoms with E-state index < -0.39 is 0 Å². The fourth-order valence-electron chi connectivity index (χ4n) is 5.43. The third kappa shape index (κ3) is 8.27. The van der Waals surface area contributed by atoms with Crippen LogP contribution in [0.25, 0.3) is 32.7 Å². The number of benzene rings is 5. The predicted octanol–water partition coefficient (Wildman–Crippen LogP) is 6.96. The van der Waals surface area contributed by atoms with Crippen LogP contribution < -0.4 is 18.9 Å². The first-order valence-corrected chi connectivity index (χ1v) is 15.8. The summed E-state index contributed by atoms with van der Waals surface area (Å²) >= 11 is 0. The molecule has 1 aliphatic rings. The Kier molecular flexibility index (Phi) is 11.6. The molecular formula is C38H40O8. The van der Waals surface area contributed by atoms with Gasteiger partial charge in [0.1, 0.15) is 37.9 Å². The Morgan fingerprint density at radius 1 is 0.283 bits per heavy atom. The second-order valence-corrected chi connectivity index (χ2v) is 10.6. The molecule has 5 aromatic rings. The van der Waals surface area contributed by atoms with Gasteiger partial charge in [-0.15, -0.1) is 0 Å². The van der Waals surface area contributed by atoms with Crippen LogP contribution in [0, 0.1) is 0 Å². The number of para-hydroxylation sites is 2. The van der Waals surface area contributed by atoms with Crippen LogP contribution in [0.5, 0.6) is 23.0 Å². The largest absolute Gasteiger partial charge is 0.491 e. The monoisotopic (exact) mass is 624 g/mol. The van der Waals surface area contributed by atoms with E-state index in [4.69, 9.17) is 37.9 Å². The average molecular weight is 625 g/mol. The third-order valence-electron chi connectivity index (χ3n) is 7.57. The molecule has 0 saturated heterocycles. The van der Waals surface area contributed by atoms with Crippen molar-refractivity contribution in [3.8, 4) is 34.1 Å². The predicted molar refractivity (Wildman–Crippen MR) is 179 cm³/mol. The highest BCUT2D eigenvalue weighted by Gasteiger charge is 2.19. The van der Waals surface area contributed by atoms with Crippen molar-refractivity contribution in [1.29, 1.82) is 0 Å². The molecule has 0 amide bonds. The van der Waals surface area contributed by atoms with Gasteiger partial charge in [0.05, 0.1) is 52.9 Å². The van der Waals surface area contributed by atoms with Crippen LogP contribution in [-0.2, 0) is 18.9 Å². The number of rotatable bonds is 0. The summed E-state index contributed by atoms with van der Waals surface area (Å²) in [5.41, 5.74) is 1.99. The molecule has 6 rings (SSSR count). The summed E-state index contributed by atoms with van der Waals surface area (Å²) in [6.07, 6.45) is 0. The molecule has 0 N–H and O–H groups in total. The lowest BCUT2D eigenvalue weighted by Crippen LogP contribution is -2.15. The molecule has 8 nitrogen and oxygen atoms in total. The minimum absolute atomic E-state index is 0.391. The minimum Gasteiger partial charge on any atom is -0.491 e. The van der Waals surface area contributed by atoms with Crippen molar-refractivity contribution >= 4 is 21.5 Å². The Hall–Kier alpha value is -4.34. The topological polar surface area (TPSA) is 73.8 Å². The summed E-state index contributed by atoms with van der Waals surface area (Å²) < 4.78 is 47.7. The van der Waals surface area contributed by atoms with E-state index in [1.165, 1.54) is 0 Å². The van der Waals surface area contributed by atoms with Crippen LogP contribution in [0.3, 0.4) is 0 Å². The second-order valence-electron chi connectivity index (χ2n) is 10.6. The van der Waals surface area contributed by atoms with E-state index in [9.17, 15) is 0 Å². The molecule has 1 heterocycles. The lowest BCUT2D eigenvalue weighted by molar-refractivity contribution is 0.0247. The molecule has 0 atom stereocenters. The van der Waals surface area contributed by atoms with Crippen molar-refractivity contribution in [1.82, 2.24) is 0 Å². The molecule has 0 aliphatic carbocycles. The normalized spacial score (nSPS) is 16.4. The first-order chi connectivity index (χ1) is 22.9. The molecule has 0 aromatic heterocycles. The van der Waals surface area contributed by atoms with Gasteiger partial charge in [0.15, 0.2) is 11.5 Å². The highest BCUT2D eigenvalue weighted by molar-refractivity contribution is 6.09. The Bertz CT molecular complexity index is 1560. The first-order valence-electron chi connectivity index (χ1n) is 15.8. The van der Waals surface area contributed by atoms with Gasteiger partial charge in [0.2, 0.25) is 0 Å². The summed E-state index contributed by atoms with van der Waals surface area (Å²) in [5, 5.41) is 4.42. The molecule has 240 valence electrons. The van der Waals surface area contributed by atoms with E-state index >= 15 is 0 Å². The number of hydrogen-bond acceptors (Lipinski definition) is 8. The maximum atomic E-state index is 6.40. The van der Waals surface area contributed by atoms with Gasteiger partial charge in [-0.2, -0.15) is 0 Å². The van der Waals surface area contributed by atoms with Gasteiger partial charge in [-0.3, -0.25) is 0 Å². The van der Waals surface area contributed by atoms with Crippen molar-refractivity contribution in [2.24, 2.45) is 0 Å². The molecule has 0 fully saturated rings. The zero-order chi connectivity index (χ0) is 31.2. The fraction of sp³-hybridized carbons (Fsp3) is 0.316. The summed E-state index contributed by atoms with van der Waals surface area (Å²) in [4.78, 5) is 0. The Labute approximate surface area is 269 Å². The van der Waals surface area contributed by atoms with Gasteiger partial charge in [-0.1, -0.05) is 72.8 Å². The lowest BCUT2D eigenvalue weighted by atomic mass is 9.92. The van der Waals surface area contributed by atoms with E-state index in [2.05, 4.69) is 48.5 Å². The number of ether oxygens (including phenoxy) is 8.